The lowest BCUT2D eigenvalue weighted by molar-refractivity contribution is -0.119. The molecule has 1 N–H and O–H groups in total. The van der Waals surface area contributed by atoms with Crippen molar-refractivity contribution < 1.29 is 17.6 Å². The van der Waals surface area contributed by atoms with E-state index in [-0.39, 0.29) is 11.6 Å². The first-order valence-corrected chi connectivity index (χ1v) is 10.5. The summed E-state index contributed by atoms with van der Waals surface area (Å²) >= 11 is 0. The van der Waals surface area contributed by atoms with Crippen molar-refractivity contribution in [3.63, 3.8) is 0 Å². The van der Waals surface area contributed by atoms with E-state index in [1.165, 1.54) is 18.2 Å². The number of hydrogen-bond acceptors (Lipinski definition) is 3. The summed E-state index contributed by atoms with van der Waals surface area (Å²) in [5, 5.41) is 2.86. The fraction of sp³-hybridized carbons (Fsp3) is 0.350. The van der Waals surface area contributed by atoms with Crippen LogP contribution in [0, 0.1) is 18.7 Å². The number of nitrogens with one attached hydrogen (secondary N) is 1. The number of carbonyl (C=O) groups is 1. The topological polar surface area (TPSA) is 63.2 Å². The van der Waals surface area contributed by atoms with E-state index in [4.69, 9.17) is 0 Å². The molecule has 1 saturated carbocycles. The van der Waals surface area contributed by atoms with E-state index in [9.17, 15) is 17.6 Å². The van der Waals surface area contributed by atoms with Gasteiger partial charge in [0.2, 0.25) is 5.91 Å². The van der Waals surface area contributed by atoms with Crippen LogP contribution in [0.4, 0.5) is 4.39 Å². The summed E-state index contributed by atoms with van der Waals surface area (Å²) in [6, 6.07) is 13.4. The molecule has 26 heavy (non-hydrogen) atoms. The quantitative estimate of drug-likeness (QED) is 0.807. The minimum atomic E-state index is -3.75. The number of hydrogen-bond donors (Lipinski definition) is 1. The molecule has 1 unspecified atom stereocenters. The number of sulfone groups is 1. The van der Waals surface area contributed by atoms with Gasteiger partial charge in [0.25, 0.3) is 0 Å². The van der Waals surface area contributed by atoms with Gasteiger partial charge in [0.05, 0.1) is 11.8 Å². The molecule has 2 aromatic carbocycles. The van der Waals surface area contributed by atoms with E-state index in [2.05, 4.69) is 5.32 Å². The highest BCUT2D eigenvalue weighted by molar-refractivity contribution is 7.91. The minimum Gasteiger partial charge on any atom is -0.348 e. The standard InChI is InChI=1S/C20H22FNO3S/c1-14-6-8-15(9-7-14)20(16-10-11-16)22-19(23)13-26(24,25)12-17-4-2-3-5-18(17)21/h2-9,16,20H,10-13H2,1H3,(H,22,23). The molecule has 0 aliphatic heterocycles. The third-order valence-electron chi connectivity index (χ3n) is 4.53. The van der Waals surface area contributed by atoms with Crippen molar-refractivity contribution >= 4 is 15.7 Å². The number of rotatable bonds is 7. The molecule has 1 aliphatic carbocycles. The van der Waals surface area contributed by atoms with E-state index in [0.29, 0.717) is 5.92 Å². The second-order valence-corrected chi connectivity index (χ2v) is 8.98. The molecule has 6 heteroatoms. The van der Waals surface area contributed by atoms with Crippen molar-refractivity contribution in [2.75, 3.05) is 5.75 Å². The van der Waals surface area contributed by atoms with Crippen molar-refractivity contribution in [1.29, 1.82) is 0 Å². The maximum atomic E-state index is 13.7. The maximum Gasteiger partial charge on any atom is 0.235 e. The molecule has 4 nitrogen and oxygen atoms in total. The van der Waals surface area contributed by atoms with Crippen LogP contribution in [0.2, 0.25) is 0 Å². The predicted octanol–water partition coefficient (Wildman–Crippen LogP) is 3.32. The number of carbonyl (C=O) groups excluding carboxylic acids is 1. The van der Waals surface area contributed by atoms with Crippen LogP contribution in [0.25, 0.3) is 0 Å². The van der Waals surface area contributed by atoms with Crippen LogP contribution in [0.3, 0.4) is 0 Å². The Morgan fingerprint density at radius 1 is 1.15 bits per heavy atom. The Kier molecular flexibility index (Phi) is 5.41. The van der Waals surface area contributed by atoms with Gasteiger partial charge in [-0.15, -0.1) is 0 Å². The smallest absolute Gasteiger partial charge is 0.235 e. The van der Waals surface area contributed by atoms with Gasteiger partial charge in [-0.05, 0) is 37.3 Å². The fourth-order valence-electron chi connectivity index (χ4n) is 2.99. The average molecular weight is 375 g/mol. The number of benzene rings is 2. The normalized spacial score (nSPS) is 15.5. The molecule has 0 aromatic heterocycles. The summed E-state index contributed by atoms with van der Waals surface area (Å²) in [6.45, 7) is 1.99. The fourth-order valence-corrected chi connectivity index (χ4v) is 4.29. The lowest BCUT2D eigenvalue weighted by atomic mass is 10.0. The average Bonchev–Trinajstić information content (AvgIpc) is 3.40. The van der Waals surface area contributed by atoms with Gasteiger partial charge >= 0.3 is 0 Å². The molecule has 1 amide bonds. The Hall–Kier alpha value is -2.21. The summed E-state index contributed by atoms with van der Waals surface area (Å²) in [6.07, 6.45) is 2.03. The Morgan fingerprint density at radius 2 is 1.81 bits per heavy atom. The summed E-state index contributed by atoms with van der Waals surface area (Å²) in [5.41, 5.74) is 2.19. The van der Waals surface area contributed by atoms with E-state index in [0.717, 1.165) is 24.0 Å². The summed E-state index contributed by atoms with van der Waals surface area (Å²) in [4.78, 5) is 12.3. The van der Waals surface area contributed by atoms with Crippen LogP contribution >= 0.6 is 0 Å². The van der Waals surface area contributed by atoms with Crippen LogP contribution in [0.5, 0.6) is 0 Å². The second kappa shape index (κ2) is 7.58. The first kappa shape index (κ1) is 18.6. The highest BCUT2D eigenvalue weighted by atomic mass is 32.2. The second-order valence-electron chi connectivity index (χ2n) is 6.92. The van der Waals surface area contributed by atoms with Gasteiger partial charge in [-0.3, -0.25) is 4.79 Å². The van der Waals surface area contributed by atoms with Gasteiger partial charge in [0, 0.05) is 5.56 Å². The number of amides is 1. The van der Waals surface area contributed by atoms with E-state index in [1.807, 2.05) is 31.2 Å². The molecule has 1 atom stereocenters. The Labute approximate surface area is 153 Å². The Balaban J connectivity index is 1.66. The van der Waals surface area contributed by atoms with Crippen molar-refractivity contribution in [3.8, 4) is 0 Å². The van der Waals surface area contributed by atoms with E-state index >= 15 is 0 Å². The van der Waals surface area contributed by atoms with Gasteiger partial charge in [0.15, 0.2) is 9.84 Å². The lowest BCUT2D eigenvalue weighted by Gasteiger charge is -2.19. The molecule has 3 rings (SSSR count). The van der Waals surface area contributed by atoms with Crippen molar-refractivity contribution in [2.24, 2.45) is 5.92 Å². The first-order valence-electron chi connectivity index (χ1n) is 8.64. The van der Waals surface area contributed by atoms with Crippen LogP contribution in [-0.2, 0) is 20.4 Å². The van der Waals surface area contributed by atoms with Gasteiger partial charge < -0.3 is 5.32 Å². The zero-order chi connectivity index (χ0) is 18.7. The zero-order valence-corrected chi connectivity index (χ0v) is 15.4. The van der Waals surface area contributed by atoms with Gasteiger partial charge in [0.1, 0.15) is 11.6 Å². The zero-order valence-electron chi connectivity index (χ0n) is 14.6. The largest absolute Gasteiger partial charge is 0.348 e. The summed E-state index contributed by atoms with van der Waals surface area (Å²) in [5.74, 6) is -1.90. The summed E-state index contributed by atoms with van der Waals surface area (Å²) < 4.78 is 38.2. The van der Waals surface area contributed by atoms with Crippen molar-refractivity contribution in [2.45, 2.75) is 31.6 Å². The lowest BCUT2D eigenvalue weighted by Crippen LogP contribution is -2.35. The van der Waals surface area contributed by atoms with Crippen molar-refractivity contribution in [1.82, 2.24) is 5.32 Å². The first-order chi connectivity index (χ1) is 12.3. The number of aryl methyl sites for hydroxylation is 1. The number of halogens is 1. The molecular weight excluding hydrogens is 353 g/mol. The molecular formula is C20H22FNO3S. The Morgan fingerprint density at radius 3 is 2.42 bits per heavy atom. The van der Waals surface area contributed by atoms with Crippen LogP contribution in [0.15, 0.2) is 48.5 Å². The molecule has 0 saturated heterocycles. The van der Waals surface area contributed by atoms with Crippen LogP contribution in [-0.4, -0.2) is 20.1 Å². The van der Waals surface area contributed by atoms with Gasteiger partial charge in [-0.1, -0.05) is 48.0 Å². The minimum absolute atomic E-state index is 0.0811. The van der Waals surface area contributed by atoms with Crippen molar-refractivity contribution in [3.05, 3.63) is 71.0 Å². The predicted molar refractivity (Wildman–Crippen MR) is 98.7 cm³/mol. The third kappa shape index (κ3) is 4.91. The Bertz CT molecular complexity index is 890. The molecule has 0 spiro atoms. The van der Waals surface area contributed by atoms with Gasteiger partial charge in [-0.2, -0.15) is 0 Å². The molecule has 2 aromatic rings. The highest BCUT2D eigenvalue weighted by Gasteiger charge is 2.34. The summed E-state index contributed by atoms with van der Waals surface area (Å²) in [7, 11) is -3.75. The van der Waals surface area contributed by atoms with Crippen LogP contribution < -0.4 is 5.32 Å². The SMILES string of the molecule is Cc1ccc(C(NC(=O)CS(=O)(=O)Cc2ccccc2F)C2CC2)cc1. The highest BCUT2D eigenvalue weighted by Crippen LogP contribution is 2.41. The molecule has 0 radical (unpaired) electrons. The molecule has 0 bridgehead atoms. The van der Waals surface area contributed by atoms with E-state index < -0.39 is 33.1 Å². The molecule has 0 heterocycles. The van der Waals surface area contributed by atoms with Gasteiger partial charge in [-0.25, -0.2) is 12.8 Å². The molecule has 1 aliphatic rings. The maximum absolute atomic E-state index is 13.7. The molecule has 1 fully saturated rings. The third-order valence-corrected chi connectivity index (χ3v) is 5.98. The van der Waals surface area contributed by atoms with Crippen LogP contribution in [0.1, 0.15) is 35.6 Å². The molecule has 138 valence electrons. The monoisotopic (exact) mass is 375 g/mol. The van der Waals surface area contributed by atoms with E-state index in [1.54, 1.807) is 6.07 Å².